The SMILES string of the molecule is CC1CCN(c2ccc(Nc3nc4c(c(=O)[nH]3)CCCC4)cc2)CC1. The van der Waals surface area contributed by atoms with Crippen LogP contribution in [0.15, 0.2) is 29.1 Å². The van der Waals surface area contributed by atoms with E-state index in [0.717, 1.165) is 61.6 Å². The van der Waals surface area contributed by atoms with Crippen molar-refractivity contribution in [1.82, 2.24) is 9.97 Å². The standard InChI is InChI=1S/C20H26N4O/c1-14-10-12-24(13-11-14)16-8-6-15(7-9-16)21-20-22-18-5-3-2-4-17(18)19(25)23-20/h6-9,14H,2-5,10-13H2,1H3,(H2,21,22,23,25). The van der Waals surface area contributed by atoms with Gasteiger partial charge in [-0.05, 0) is 68.7 Å². The lowest BCUT2D eigenvalue weighted by Crippen LogP contribution is -2.32. The minimum atomic E-state index is 0.00579. The monoisotopic (exact) mass is 338 g/mol. The van der Waals surface area contributed by atoms with Gasteiger partial charge in [-0.3, -0.25) is 9.78 Å². The molecule has 5 nitrogen and oxygen atoms in total. The van der Waals surface area contributed by atoms with Gasteiger partial charge in [-0.15, -0.1) is 0 Å². The van der Waals surface area contributed by atoms with Crippen molar-refractivity contribution >= 4 is 17.3 Å². The lowest BCUT2D eigenvalue weighted by molar-refractivity contribution is 0.438. The highest BCUT2D eigenvalue weighted by Crippen LogP contribution is 2.25. The molecule has 1 aliphatic heterocycles. The van der Waals surface area contributed by atoms with E-state index in [1.807, 2.05) is 0 Å². The Kier molecular flexibility index (Phi) is 4.47. The smallest absolute Gasteiger partial charge is 0.255 e. The van der Waals surface area contributed by atoms with Crippen molar-refractivity contribution < 1.29 is 0 Å². The Labute approximate surface area is 148 Å². The van der Waals surface area contributed by atoms with Crippen LogP contribution in [0.1, 0.15) is 43.9 Å². The maximum absolute atomic E-state index is 12.2. The van der Waals surface area contributed by atoms with E-state index in [1.54, 1.807) is 0 Å². The highest BCUT2D eigenvalue weighted by Gasteiger charge is 2.17. The zero-order chi connectivity index (χ0) is 17.2. The summed E-state index contributed by atoms with van der Waals surface area (Å²) in [7, 11) is 0. The molecule has 132 valence electrons. The summed E-state index contributed by atoms with van der Waals surface area (Å²) in [6.07, 6.45) is 6.48. The number of piperidine rings is 1. The summed E-state index contributed by atoms with van der Waals surface area (Å²) in [5, 5.41) is 3.25. The molecule has 2 aromatic rings. The van der Waals surface area contributed by atoms with Gasteiger partial charge >= 0.3 is 0 Å². The van der Waals surface area contributed by atoms with Gasteiger partial charge in [-0.1, -0.05) is 6.92 Å². The largest absolute Gasteiger partial charge is 0.372 e. The average molecular weight is 338 g/mol. The Morgan fingerprint density at radius 2 is 1.84 bits per heavy atom. The molecule has 25 heavy (non-hydrogen) atoms. The first kappa shape index (κ1) is 16.2. The van der Waals surface area contributed by atoms with E-state index in [2.05, 4.69) is 51.4 Å². The molecule has 0 amide bonds. The lowest BCUT2D eigenvalue weighted by Gasteiger charge is -2.32. The molecule has 1 aliphatic carbocycles. The summed E-state index contributed by atoms with van der Waals surface area (Å²) >= 11 is 0. The van der Waals surface area contributed by atoms with Crippen molar-refractivity contribution in [3.8, 4) is 0 Å². The number of rotatable bonds is 3. The first-order valence-electron chi connectivity index (χ1n) is 9.43. The van der Waals surface area contributed by atoms with E-state index in [1.165, 1.54) is 18.5 Å². The lowest BCUT2D eigenvalue weighted by atomic mass is 9.97. The van der Waals surface area contributed by atoms with Crippen LogP contribution >= 0.6 is 0 Å². The highest BCUT2D eigenvalue weighted by atomic mass is 16.1. The molecule has 5 heteroatoms. The van der Waals surface area contributed by atoms with Crippen LogP contribution in [0.2, 0.25) is 0 Å². The van der Waals surface area contributed by atoms with Crippen LogP contribution in [0.25, 0.3) is 0 Å². The first-order chi connectivity index (χ1) is 12.2. The van der Waals surface area contributed by atoms with Gasteiger partial charge in [0.2, 0.25) is 5.95 Å². The van der Waals surface area contributed by atoms with Crippen molar-refractivity contribution in [2.75, 3.05) is 23.3 Å². The van der Waals surface area contributed by atoms with E-state index in [4.69, 9.17) is 0 Å². The summed E-state index contributed by atoms with van der Waals surface area (Å²) in [6, 6.07) is 8.42. The number of fused-ring (bicyclic) bond motifs is 1. The van der Waals surface area contributed by atoms with Crippen LogP contribution in [0.5, 0.6) is 0 Å². The normalized spacial score (nSPS) is 18.0. The van der Waals surface area contributed by atoms with Crippen molar-refractivity contribution in [3.63, 3.8) is 0 Å². The summed E-state index contributed by atoms with van der Waals surface area (Å²) in [5.74, 6) is 1.38. The molecular formula is C20H26N4O. The molecule has 0 bridgehead atoms. The number of aromatic amines is 1. The van der Waals surface area contributed by atoms with Crippen molar-refractivity contribution in [2.45, 2.75) is 45.4 Å². The quantitative estimate of drug-likeness (QED) is 0.897. The van der Waals surface area contributed by atoms with Gasteiger partial charge < -0.3 is 10.2 Å². The second-order valence-electron chi connectivity index (χ2n) is 7.39. The number of anilines is 3. The number of benzene rings is 1. The third-order valence-electron chi connectivity index (χ3n) is 5.47. The minimum absolute atomic E-state index is 0.00579. The molecule has 0 atom stereocenters. The number of aryl methyl sites for hydroxylation is 1. The topological polar surface area (TPSA) is 61.0 Å². The van der Waals surface area contributed by atoms with E-state index in [0.29, 0.717) is 5.95 Å². The Balaban J connectivity index is 1.48. The van der Waals surface area contributed by atoms with Crippen LogP contribution in [-0.4, -0.2) is 23.1 Å². The van der Waals surface area contributed by atoms with E-state index >= 15 is 0 Å². The molecule has 0 unspecified atom stereocenters. The molecular weight excluding hydrogens is 312 g/mol. The number of hydrogen-bond donors (Lipinski definition) is 2. The Hall–Kier alpha value is -2.30. The highest BCUT2D eigenvalue weighted by molar-refractivity contribution is 5.59. The fraction of sp³-hybridized carbons (Fsp3) is 0.500. The van der Waals surface area contributed by atoms with Crippen LogP contribution < -0.4 is 15.8 Å². The second-order valence-corrected chi connectivity index (χ2v) is 7.39. The Morgan fingerprint density at radius 3 is 2.60 bits per heavy atom. The average Bonchev–Trinajstić information content (AvgIpc) is 2.63. The predicted octanol–water partition coefficient (Wildman–Crippen LogP) is 3.63. The van der Waals surface area contributed by atoms with Gasteiger partial charge in [0.25, 0.3) is 5.56 Å². The maximum atomic E-state index is 12.2. The zero-order valence-corrected chi connectivity index (χ0v) is 14.8. The number of hydrogen-bond acceptors (Lipinski definition) is 4. The maximum Gasteiger partial charge on any atom is 0.255 e. The number of H-pyrrole nitrogens is 1. The van der Waals surface area contributed by atoms with Crippen LogP contribution in [0.4, 0.5) is 17.3 Å². The molecule has 2 N–H and O–H groups in total. The Morgan fingerprint density at radius 1 is 1.12 bits per heavy atom. The van der Waals surface area contributed by atoms with Crippen LogP contribution in [0, 0.1) is 5.92 Å². The third kappa shape index (κ3) is 3.55. The molecule has 0 radical (unpaired) electrons. The molecule has 2 aliphatic rings. The predicted molar refractivity (Wildman–Crippen MR) is 102 cm³/mol. The molecule has 1 saturated heterocycles. The molecule has 1 aromatic heterocycles. The fourth-order valence-electron chi connectivity index (χ4n) is 3.82. The van der Waals surface area contributed by atoms with Crippen molar-refractivity contribution in [3.05, 3.63) is 45.9 Å². The summed E-state index contributed by atoms with van der Waals surface area (Å²) < 4.78 is 0. The molecule has 1 fully saturated rings. The van der Waals surface area contributed by atoms with Gasteiger partial charge in [0.1, 0.15) is 0 Å². The van der Waals surface area contributed by atoms with E-state index in [-0.39, 0.29) is 5.56 Å². The molecule has 0 spiro atoms. The first-order valence-corrected chi connectivity index (χ1v) is 9.43. The zero-order valence-electron chi connectivity index (χ0n) is 14.8. The van der Waals surface area contributed by atoms with Gasteiger partial charge in [0, 0.05) is 30.0 Å². The van der Waals surface area contributed by atoms with Gasteiger partial charge in [-0.25, -0.2) is 4.98 Å². The second kappa shape index (κ2) is 6.90. The van der Waals surface area contributed by atoms with Crippen LogP contribution in [0.3, 0.4) is 0 Å². The Bertz CT molecular complexity index is 788. The van der Waals surface area contributed by atoms with Gasteiger partial charge in [0.15, 0.2) is 0 Å². The van der Waals surface area contributed by atoms with Crippen LogP contribution in [-0.2, 0) is 12.8 Å². The number of aromatic nitrogens is 2. The van der Waals surface area contributed by atoms with E-state index < -0.39 is 0 Å². The van der Waals surface area contributed by atoms with Gasteiger partial charge in [-0.2, -0.15) is 0 Å². The molecule has 2 heterocycles. The molecule has 4 rings (SSSR count). The summed E-state index contributed by atoms with van der Waals surface area (Å²) in [5.41, 5.74) is 4.05. The van der Waals surface area contributed by atoms with Crippen molar-refractivity contribution in [1.29, 1.82) is 0 Å². The summed E-state index contributed by atoms with van der Waals surface area (Å²) in [4.78, 5) is 22.2. The third-order valence-corrected chi connectivity index (χ3v) is 5.47. The number of nitrogens with one attached hydrogen (secondary N) is 2. The van der Waals surface area contributed by atoms with Crippen molar-refractivity contribution in [2.24, 2.45) is 5.92 Å². The molecule has 0 saturated carbocycles. The molecule has 1 aromatic carbocycles. The van der Waals surface area contributed by atoms with E-state index in [9.17, 15) is 4.79 Å². The van der Waals surface area contributed by atoms with Gasteiger partial charge in [0.05, 0.1) is 5.69 Å². The fourth-order valence-corrected chi connectivity index (χ4v) is 3.82. The minimum Gasteiger partial charge on any atom is -0.372 e. The summed E-state index contributed by atoms with van der Waals surface area (Å²) in [6.45, 7) is 4.60. The number of nitrogens with zero attached hydrogens (tertiary/aromatic N) is 2.